The molecule has 0 aromatic heterocycles. The van der Waals surface area contributed by atoms with E-state index in [9.17, 15) is 18.5 Å². The van der Waals surface area contributed by atoms with Crippen molar-refractivity contribution in [3.63, 3.8) is 0 Å². The van der Waals surface area contributed by atoms with Gasteiger partial charge in [-0.05, 0) is 24.3 Å². The number of benzene rings is 2. The van der Waals surface area contributed by atoms with Crippen LogP contribution < -0.4 is 9.80 Å². The van der Waals surface area contributed by atoms with Crippen molar-refractivity contribution in [3.8, 4) is 0 Å². The van der Waals surface area contributed by atoms with Crippen LogP contribution >= 0.6 is 11.6 Å². The Kier molecular flexibility index (Phi) is 6.33. The molecule has 4 rings (SSSR count). The van der Waals surface area contributed by atoms with Crippen LogP contribution in [0.5, 0.6) is 0 Å². The number of ether oxygens (including phenoxy) is 1. The first-order chi connectivity index (χ1) is 14.9. The van der Waals surface area contributed by atoms with Gasteiger partial charge in [-0.2, -0.15) is 4.31 Å². The number of morpholine rings is 1. The van der Waals surface area contributed by atoms with Crippen molar-refractivity contribution in [3.05, 3.63) is 57.6 Å². The molecule has 9 nitrogen and oxygen atoms in total. The molecule has 0 saturated carbocycles. The minimum Gasteiger partial charge on any atom is -0.379 e. The Morgan fingerprint density at radius 1 is 0.903 bits per heavy atom. The Morgan fingerprint density at radius 3 is 2.13 bits per heavy atom. The van der Waals surface area contributed by atoms with Crippen LogP contribution in [-0.4, -0.2) is 70.1 Å². The van der Waals surface area contributed by atoms with E-state index in [1.54, 1.807) is 0 Å². The Bertz CT molecular complexity index is 1070. The number of nitro groups is 1. The Balaban J connectivity index is 1.55. The van der Waals surface area contributed by atoms with E-state index in [-0.39, 0.29) is 23.7 Å². The maximum absolute atomic E-state index is 12.9. The molecule has 0 amide bonds. The molecular formula is C20H23ClN4O5S. The summed E-state index contributed by atoms with van der Waals surface area (Å²) in [7, 11) is -3.81. The van der Waals surface area contributed by atoms with Crippen LogP contribution in [0.4, 0.5) is 17.1 Å². The number of sulfonamides is 1. The molecule has 0 radical (unpaired) electrons. The second-order valence-corrected chi connectivity index (χ2v) is 9.69. The highest BCUT2D eigenvalue weighted by Gasteiger charge is 2.31. The van der Waals surface area contributed by atoms with Crippen LogP contribution in [0.15, 0.2) is 47.4 Å². The normalized spacial score (nSPS) is 18.2. The highest BCUT2D eigenvalue weighted by atomic mass is 35.5. The van der Waals surface area contributed by atoms with Crippen LogP contribution in [0.3, 0.4) is 0 Å². The molecule has 0 atom stereocenters. The van der Waals surface area contributed by atoms with Gasteiger partial charge in [-0.15, -0.1) is 0 Å². The zero-order valence-corrected chi connectivity index (χ0v) is 18.4. The zero-order valence-electron chi connectivity index (χ0n) is 16.8. The van der Waals surface area contributed by atoms with Gasteiger partial charge in [-0.25, -0.2) is 8.42 Å². The highest BCUT2D eigenvalue weighted by Crippen LogP contribution is 2.34. The maximum Gasteiger partial charge on any atom is 0.293 e. The molecule has 0 aliphatic carbocycles. The van der Waals surface area contributed by atoms with Crippen molar-refractivity contribution in [1.82, 2.24) is 4.31 Å². The summed E-state index contributed by atoms with van der Waals surface area (Å²) in [6.45, 7) is 3.51. The third kappa shape index (κ3) is 4.47. The monoisotopic (exact) mass is 466 g/mol. The first-order valence-corrected chi connectivity index (χ1v) is 11.8. The first-order valence-electron chi connectivity index (χ1n) is 9.99. The molecule has 2 aromatic rings. The Hall–Kier alpha value is -2.40. The van der Waals surface area contributed by atoms with Gasteiger partial charge in [0, 0.05) is 45.3 Å². The Labute approximate surface area is 186 Å². The molecule has 2 aliphatic rings. The lowest BCUT2D eigenvalue weighted by Gasteiger charge is -2.37. The first kappa shape index (κ1) is 21.8. The largest absolute Gasteiger partial charge is 0.379 e. The van der Waals surface area contributed by atoms with Crippen LogP contribution in [0.25, 0.3) is 0 Å². The van der Waals surface area contributed by atoms with E-state index in [0.29, 0.717) is 50.1 Å². The van der Waals surface area contributed by atoms with Gasteiger partial charge in [0.2, 0.25) is 10.0 Å². The van der Waals surface area contributed by atoms with Gasteiger partial charge in [0.1, 0.15) is 5.69 Å². The average Bonchev–Trinajstić information content (AvgIpc) is 2.80. The second kappa shape index (κ2) is 8.99. The number of nitrogens with zero attached hydrogens (tertiary/aromatic N) is 4. The van der Waals surface area contributed by atoms with E-state index >= 15 is 0 Å². The molecule has 2 aliphatic heterocycles. The molecule has 0 spiro atoms. The number of anilines is 2. The Morgan fingerprint density at radius 2 is 1.52 bits per heavy atom. The van der Waals surface area contributed by atoms with Crippen LogP contribution in [0.1, 0.15) is 0 Å². The predicted molar refractivity (Wildman–Crippen MR) is 119 cm³/mol. The fraction of sp³-hybridized carbons (Fsp3) is 0.400. The summed E-state index contributed by atoms with van der Waals surface area (Å²) in [5.74, 6) is 0. The summed E-state index contributed by atoms with van der Waals surface area (Å²) in [4.78, 5) is 15.2. The molecule has 0 N–H and O–H groups in total. The maximum atomic E-state index is 12.9. The third-order valence-electron chi connectivity index (χ3n) is 5.56. The van der Waals surface area contributed by atoms with E-state index < -0.39 is 14.9 Å². The van der Waals surface area contributed by atoms with Crippen molar-refractivity contribution < 1.29 is 18.1 Å². The molecule has 2 aromatic carbocycles. The van der Waals surface area contributed by atoms with Gasteiger partial charge in [0.25, 0.3) is 5.69 Å². The zero-order chi connectivity index (χ0) is 22.0. The highest BCUT2D eigenvalue weighted by molar-refractivity contribution is 7.89. The molecule has 2 heterocycles. The van der Waals surface area contributed by atoms with Gasteiger partial charge < -0.3 is 14.5 Å². The van der Waals surface area contributed by atoms with Crippen molar-refractivity contribution in [2.75, 3.05) is 62.3 Å². The van der Waals surface area contributed by atoms with Crippen molar-refractivity contribution >= 4 is 38.7 Å². The number of halogens is 1. The summed E-state index contributed by atoms with van der Waals surface area (Å²) in [5, 5.41) is 12.4. The fourth-order valence-corrected chi connectivity index (χ4v) is 5.59. The molecule has 2 saturated heterocycles. The molecule has 2 fully saturated rings. The van der Waals surface area contributed by atoms with E-state index in [0.717, 1.165) is 5.69 Å². The van der Waals surface area contributed by atoms with Gasteiger partial charge in [0.05, 0.1) is 33.7 Å². The summed E-state index contributed by atoms with van der Waals surface area (Å²) in [6.07, 6.45) is 0. The van der Waals surface area contributed by atoms with Gasteiger partial charge in [0.15, 0.2) is 0 Å². The number of nitro benzene ring substituents is 1. The number of rotatable bonds is 5. The summed E-state index contributed by atoms with van der Waals surface area (Å²) < 4.78 is 32.3. The smallest absolute Gasteiger partial charge is 0.293 e. The van der Waals surface area contributed by atoms with Gasteiger partial charge in [-0.1, -0.05) is 23.7 Å². The predicted octanol–water partition coefficient (Wildman–Crippen LogP) is 2.60. The molecule has 31 heavy (non-hydrogen) atoms. The third-order valence-corrected chi connectivity index (χ3v) is 7.78. The van der Waals surface area contributed by atoms with Crippen molar-refractivity contribution in [2.45, 2.75) is 4.90 Å². The summed E-state index contributed by atoms with van der Waals surface area (Å²) in [5.41, 5.74) is 1.15. The van der Waals surface area contributed by atoms with Gasteiger partial charge >= 0.3 is 0 Å². The van der Waals surface area contributed by atoms with E-state index in [4.69, 9.17) is 16.3 Å². The minimum absolute atomic E-state index is 0.0699. The van der Waals surface area contributed by atoms with Crippen LogP contribution in [0.2, 0.25) is 5.02 Å². The quantitative estimate of drug-likeness (QED) is 0.493. The SMILES string of the molecule is O=[N+]([O-])c1cc(S(=O)(=O)N2CCOCC2)ccc1N1CCN(c2ccccc2Cl)CC1. The fourth-order valence-electron chi connectivity index (χ4n) is 3.91. The number of hydrogen-bond donors (Lipinski definition) is 0. The molecular weight excluding hydrogens is 444 g/mol. The van der Waals surface area contributed by atoms with Crippen molar-refractivity contribution in [1.29, 1.82) is 0 Å². The lowest BCUT2D eigenvalue weighted by molar-refractivity contribution is -0.384. The van der Waals surface area contributed by atoms with Gasteiger partial charge in [-0.3, -0.25) is 10.1 Å². The van der Waals surface area contributed by atoms with E-state index in [1.165, 1.54) is 22.5 Å². The summed E-state index contributed by atoms with van der Waals surface area (Å²) >= 11 is 6.29. The molecule has 11 heteroatoms. The van der Waals surface area contributed by atoms with Crippen molar-refractivity contribution in [2.24, 2.45) is 0 Å². The number of hydrogen-bond acceptors (Lipinski definition) is 7. The summed E-state index contributed by atoms with van der Waals surface area (Å²) in [6, 6.07) is 11.7. The second-order valence-electron chi connectivity index (χ2n) is 7.35. The van der Waals surface area contributed by atoms with Crippen LogP contribution in [-0.2, 0) is 14.8 Å². The lowest BCUT2D eigenvalue weighted by Crippen LogP contribution is -2.46. The topological polar surface area (TPSA) is 96.2 Å². The molecule has 0 bridgehead atoms. The minimum atomic E-state index is -3.81. The molecule has 166 valence electrons. The number of piperazine rings is 1. The average molecular weight is 467 g/mol. The van der Waals surface area contributed by atoms with Crippen LogP contribution in [0, 0.1) is 10.1 Å². The molecule has 0 unspecified atom stereocenters. The van der Waals surface area contributed by atoms with E-state index in [2.05, 4.69) is 4.90 Å². The number of para-hydroxylation sites is 1. The standard InChI is InChI=1S/C20H23ClN4O5S/c21-17-3-1-2-4-18(17)22-7-9-23(10-8-22)19-6-5-16(15-20(19)25(26)27)31(28,29)24-11-13-30-14-12-24/h1-6,15H,7-14H2. The lowest BCUT2D eigenvalue weighted by atomic mass is 10.2. The van der Waals surface area contributed by atoms with E-state index in [1.807, 2.05) is 29.2 Å².